The summed E-state index contributed by atoms with van der Waals surface area (Å²) in [5.74, 6) is -1.05. The van der Waals surface area contributed by atoms with Crippen molar-refractivity contribution in [1.82, 2.24) is 24.7 Å². The highest BCUT2D eigenvalue weighted by Gasteiger charge is 2.66. The molecule has 3 N–H and O–H groups in total. The molecule has 0 radical (unpaired) electrons. The Balaban J connectivity index is 1.20. The topological polar surface area (TPSA) is 131 Å². The van der Waals surface area contributed by atoms with Crippen LogP contribution in [0.3, 0.4) is 0 Å². The molecule has 5 rings (SSSR count). The predicted molar refractivity (Wildman–Crippen MR) is 126 cm³/mol. The van der Waals surface area contributed by atoms with Gasteiger partial charge in [-0.25, -0.2) is 19.3 Å². The van der Waals surface area contributed by atoms with Crippen LogP contribution in [0.4, 0.5) is 35.1 Å². The molecule has 1 aliphatic carbocycles. The molecule has 1 fully saturated rings. The molecule has 198 valence electrons. The molecule has 14 heteroatoms. The molecule has 38 heavy (non-hydrogen) atoms. The van der Waals surface area contributed by atoms with Gasteiger partial charge in [0.15, 0.2) is 17.4 Å². The lowest BCUT2D eigenvalue weighted by Crippen LogP contribution is -2.28. The number of nitrogens with one attached hydrogen (secondary N) is 2. The summed E-state index contributed by atoms with van der Waals surface area (Å²) in [6, 6.07) is 5.32. The van der Waals surface area contributed by atoms with Gasteiger partial charge in [0, 0.05) is 36.8 Å². The average Bonchev–Trinajstić information content (AvgIpc) is 3.39. The minimum Gasteiger partial charge on any atom is -0.395 e. The number of rotatable bonds is 9. The molecule has 0 unspecified atom stereocenters. The molecule has 0 bridgehead atoms. The number of alkyl halides is 3. The van der Waals surface area contributed by atoms with Gasteiger partial charge in [-0.15, -0.1) is 0 Å². The van der Waals surface area contributed by atoms with E-state index in [1.54, 1.807) is 23.2 Å². The average molecular weight is 531 g/mol. The van der Waals surface area contributed by atoms with Crippen molar-refractivity contribution in [3.8, 4) is 11.1 Å². The van der Waals surface area contributed by atoms with Gasteiger partial charge in [0.25, 0.3) is 0 Å². The maximum absolute atomic E-state index is 14.7. The summed E-state index contributed by atoms with van der Waals surface area (Å²) >= 11 is 0. The first-order valence-electron chi connectivity index (χ1n) is 11.5. The number of amides is 1. The van der Waals surface area contributed by atoms with Crippen LogP contribution >= 0.6 is 0 Å². The molecule has 0 spiro atoms. The maximum atomic E-state index is 14.7. The van der Waals surface area contributed by atoms with E-state index in [-0.39, 0.29) is 49.0 Å². The Labute approximate surface area is 212 Å². The summed E-state index contributed by atoms with van der Waals surface area (Å²) in [4.78, 5) is 24.9. The lowest BCUT2D eigenvalue weighted by atomic mass is 10.0. The molecular formula is C24H21F4N7O3. The van der Waals surface area contributed by atoms with E-state index in [0.29, 0.717) is 23.5 Å². The van der Waals surface area contributed by atoms with Gasteiger partial charge in [-0.05, 0) is 30.0 Å². The molecule has 1 amide bonds. The van der Waals surface area contributed by atoms with Crippen molar-refractivity contribution in [3.05, 3.63) is 66.3 Å². The minimum atomic E-state index is -4.47. The highest BCUT2D eigenvalue weighted by molar-refractivity contribution is 5.91. The molecule has 10 nitrogen and oxygen atoms in total. The summed E-state index contributed by atoms with van der Waals surface area (Å²) in [7, 11) is 0. The fourth-order valence-corrected chi connectivity index (χ4v) is 3.90. The zero-order valence-corrected chi connectivity index (χ0v) is 19.7. The van der Waals surface area contributed by atoms with Gasteiger partial charge in [-0.2, -0.15) is 13.2 Å². The van der Waals surface area contributed by atoms with Gasteiger partial charge >= 0.3 is 6.18 Å². The molecule has 1 saturated carbocycles. The number of hydrogen-bond donors (Lipinski definition) is 3. The SMILES string of the molecule is O=C(Cc1ccc(-c2cnc(Nc3cn(CCO)cn3)nc2)cc1F)Nc1cc(C2(C(F)(F)F)CC2)on1. The van der Waals surface area contributed by atoms with Crippen molar-refractivity contribution >= 4 is 23.5 Å². The minimum absolute atomic E-state index is 0.0185. The van der Waals surface area contributed by atoms with Crippen LogP contribution in [-0.2, 0) is 23.2 Å². The van der Waals surface area contributed by atoms with Crippen LogP contribution < -0.4 is 10.6 Å². The smallest absolute Gasteiger partial charge is 0.395 e. The first-order valence-corrected chi connectivity index (χ1v) is 11.5. The molecule has 0 atom stereocenters. The third kappa shape index (κ3) is 5.20. The van der Waals surface area contributed by atoms with Crippen LogP contribution in [0, 0.1) is 5.82 Å². The van der Waals surface area contributed by atoms with Crippen molar-refractivity contribution < 1.29 is 32.0 Å². The normalized spacial score (nSPS) is 14.3. The van der Waals surface area contributed by atoms with Crippen molar-refractivity contribution in [2.45, 2.75) is 37.4 Å². The largest absolute Gasteiger partial charge is 0.401 e. The maximum Gasteiger partial charge on any atom is 0.401 e. The number of benzene rings is 1. The predicted octanol–water partition coefficient (Wildman–Crippen LogP) is 3.98. The second-order valence-electron chi connectivity index (χ2n) is 8.83. The lowest BCUT2D eigenvalue weighted by Gasteiger charge is -2.14. The van der Waals surface area contributed by atoms with E-state index < -0.39 is 23.3 Å². The van der Waals surface area contributed by atoms with E-state index in [1.807, 2.05) is 0 Å². The van der Waals surface area contributed by atoms with Gasteiger partial charge < -0.3 is 24.8 Å². The van der Waals surface area contributed by atoms with Gasteiger partial charge in [-0.1, -0.05) is 17.3 Å². The van der Waals surface area contributed by atoms with Gasteiger partial charge in [-0.3, -0.25) is 4.79 Å². The third-order valence-corrected chi connectivity index (χ3v) is 6.16. The second kappa shape index (κ2) is 9.85. The zero-order chi connectivity index (χ0) is 26.9. The van der Waals surface area contributed by atoms with Crippen LogP contribution in [-0.4, -0.2) is 48.5 Å². The first kappa shape index (κ1) is 25.3. The van der Waals surface area contributed by atoms with Gasteiger partial charge in [0.2, 0.25) is 11.9 Å². The Morgan fingerprint density at radius 2 is 1.87 bits per heavy atom. The van der Waals surface area contributed by atoms with Crippen molar-refractivity contribution in [1.29, 1.82) is 0 Å². The Hall–Kier alpha value is -4.33. The number of aliphatic hydroxyl groups excluding tert-OH is 1. The molecule has 1 aromatic carbocycles. The van der Waals surface area contributed by atoms with Crippen LogP contribution in [0.25, 0.3) is 11.1 Å². The molecule has 0 saturated heterocycles. The van der Waals surface area contributed by atoms with Crippen LogP contribution in [0.1, 0.15) is 24.2 Å². The molecule has 3 aromatic heterocycles. The summed E-state index contributed by atoms with van der Waals surface area (Å²) in [6.45, 7) is 0.386. The summed E-state index contributed by atoms with van der Waals surface area (Å²) in [6.07, 6.45) is 1.21. The Morgan fingerprint density at radius 3 is 2.53 bits per heavy atom. The first-order chi connectivity index (χ1) is 18.2. The number of carbonyl (C=O) groups excluding carboxylic acids is 1. The van der Waals surface area contributed by atoms with E-state index >= 15 is 0 Å². The Morgan fingerprint density at radius 1 is 1.11 bits per heavy atom. The number of aliphatic hydroxyl groups is 1. The third-order valence-electron chi connectivity index (χ3n) is 6.16. The summed E-state index contributed by atoms with van der Waals surface area (Å²) in [5.41, 5.74) is -0.952. The van der Waals surface area contributed by atoms with Crippen LogP contribution in [0.15, 0.2) is 53.7 Å². The quantitative estimate of drug-likeness (QED) is 0.277. The highest BCUT2D eigenvalue weighted by Crippen LogP contribution is 2.59. The van der Waals surface area contributed by atoms with E-state index in [4.69, 9.17) is 9.63 Å². The van der Waals surface area contributed by atoms with E-state index in [1.165, 1.54) is 24.5 Å². The molecule has 3 heterocycles. The number of carbonyl (C=O) groups is 1. The fourth-order valence-electron chi connectivity index (χ4n) is 3.90. The fraction of sp³-hybridized carbons (Fsp3) is 0.292. The number of halogens is 4. The van der Waals surface area contributed by atoms with E-state index in [0.717, 1.165) is 6.07 Å². The summed E-state index contributed by atoms with van der Waals surface area (Å²) in [5, 5.41) is 17.7. The Bertz CT molecular complexity index is 1450. The van der Waals surface area contributed by atoms with Crippen LogP contribution in [0.5, 0.6) is 0 Å². The van der Waals surface area contributed by atoms with Crippen molar-refractivity contribution in [2.75, 3.05) is 17.2 Å². The molecule has 1 aliphatic rings. The second-order valence-corrected chi connectivity index (χ2v) is 8.83. The number of imidazole rings is 1. The number of aromatic nitrogens is 5. The zero-order valence-electron chi connectivity index (χ0n) is 19.7. The standard InChI is InChI=1S/C24H21F4N7O3/c25-17-7-14(16-10-29-22(30-11-16)33-20-12-35(5-6-36)13-31-20)1-2-15(17)8-21(37)32-19-9-18(38-34-19)23(3-4-23)24(26,27)28/h1-2,7,9-13,36H,3-6,8H2,(H,29,30,33)(H,32,34,37). The highest BCUT2D eigenvalue weighted by atomic mass is 19.4. The van der Waals surface area contributed by atoms with Crippen molar-refractivity contribution in [2.24, 2.45) is 0 Å². The molecular weight excluding hydrogens is 510 g/mol. The van der Waals surface area contributed by atoms with Crippen LogP contribution in [0.2, 0.25) is 0 Å². The Kier molecular flexibility index (Phi) is 6.57. The molecule has 0 aliphatic heterocycles. The number of anilines is 3. The summed E-state index contributed by atoms with van der Waals surface area (Å²) < 4.78 is 61.0. The van der Waals surface area contributed by atoms with E-state index in [9.17, 15) is 22.4 Å². The monoisotopic (exact) mass is 531 g/mol. The van der Waals surface area contributed by atoms with Crippen molar-refractivity contribution in [3.63, 3.8) is 0 Å². The van der Waals surface area contributed by atoms with Gasteiger partial charge in [0.05, 0.1) is 19.4 Å². The van der Waals surface area contributed by atoms with E-state index in [2.05, 4.69) is 30.7 Å². The van der Waals surface area contributed by atoms with Gasteiger partial charge in [0.1, 0.15) is 11.2 Å². The lowest BCUT2D eigenvalue weighted by molar-refractivity contribution is -0.165. The molecule has 4 aromatic rings. The number of nitrogens with zero attached hydrogens (tertiary/aromatic N) is 5. The number of hydrogen-bond acceptors (Lipinski definition) is 8.